The second kappa shape index (κ2) is 9.80. The first-order chi connectivity index (χ1) is 14.2. The molecular formula is C19H21F3N2O4S2. The van der Waals surface area contributed by atoms with Gasteiger partial charge in [-0.15, -0.1) is 0 Å². The van der Waals surface area contributed by atoms with Crippen LogP contribution in [0.1, 0.15) is 31.2 Å². The van der Waals surface area contributed by atoms with Gasteiger partial charge in [-0.2, -0.15) is 35.8 Å². The first kappa shape index (κ1) is 22.6. The smallest absolute Gasteiger partial charge is 0.475 e. The lowest BCUT2D eigenvalue weighted by Gasteiger charge is -2.31. The Morgan fingerprint density at radius 3 is 2.23 bits per heavy atom. The van der Waals surface area contributed by atoms with E-state index in [1.807, 2.05) is 22.2 Å². The van der Waals surface area contributed by atoms with Crippen molar-refractivity contribution >= 4 is 40.4 Å². The first-order valence-corrected chi connectivity index (χ1v) is 11.2. The van der Waals surface area contributed by atoms with E-state index in [0.717, 1.165) is 24.1 Å². The fourth-order valence-corrected chi connectivity index (χ4v) is 4.85. The van der Waals surface area contributed by atoms with Crippen LogP contribution in [-0.4, -0.2) is 41.5 Å². The first-order valence-electron chi connectivity index (χ1n) is 9.30. The molecule has 0 radical (unpaired) electrons. The van der Waals surface area contributed by atoms with E-state index >= 15 is 0 Å². The zero-order valence-electron chi connectivity index (χ0n) is 15.8. The standard InChI is InChI=1S/C17H20N2O2S2.C2HF3O2/c20-17(21-16-7-13-1-2-14(8-16)18-13)19(15-4-6-23-11-15)9-12-3-5-22-10-12;3-2(4,5)1(6)7/h3-6,10-11,13-14,16,18H,1-2,7-9H2;(H,6,7)/t13-,14+,16?;. The van der Waals surface area contributed by atoms with E-state index in [0.29, 0.717) is 18.6 Å². The number of piperidine rings is 1. The van der Waals surface area contributed by atoms with Gasteiger partial charge in [0.05, 0.1) is 12.2 Å². The number of carboxylic acid groups (broad SMARTS) is 1. The summed E-state index contributed by atoms with van der Waals surface area (Å²) in [5.41, 5.74) is 2.06. The van der Waals surface area contributed by atoms with Gasteiger partial charge in [0.15, 0.2) is 0 Å². The maximum atomic E-state index is 12.8. The van der Waals surface area contributed by atoms with Gasteiger partial charge in [0.2, 0.25) is 0 Å². The molecule has 1 amide bonds. The summed E-state index contributed by atoms with van der Waals surface area (Å²) >= 11 is 3.25. The lowest BCUT2D eigenvalue weighted by Crippen LogP contribution is -2.44. The van der Waals surface area contributed by atoms with E-state index in [1.54, 1.807) is 27.6 Å². The summed E-state index contributed by atoms with van der Waals surface area (Å²) in [7, 11) is 0. The molecule has 0 aliphatic carbocycles. The van der Waals surface area contributed by atoms with Crippen LogP contribution in [-0.2, 0) is 16.1 Å². The van der Waals surface area contributed by atoms with E-state index < -0.39 is 12.1 Å². The summed E-state index contributed by atoms with van der Waals surface area (Å²) in [6.45, 7) is 0.566. The van der Waals surface area contributed by atoms with Crippen molar-refractivity contribution in [3.8, 4) is 0 Å². The molecule has 1 unspecified atom stereocenters. The minimum atomic E-state index is -5.08. The van der Waals surface area contributed by atoms with Gasteiger partial charge in [-0.05, 0) is 59.5 Å². The molecule has 4 rings (SSSR count). The monoisotopic (exact) mass is 462 g/mol. The number of aliphatic carboxylic acids is 1. The van der Waals surface area contributed by atoms with Crippen molar-refractivity contribution < 1.29 is 32.6 Å². The summed E-state index contributed by atoms with van der Waals surface area (Å²) in [6, 6.07) is 5.09. The SMILES string of the molecule is O=C(O)C(F)(F)F.O=C(OC1C[C@H]2CC[C@@H](C1)N2)N(Cc1ccsc1)c1ccsc1. The molecule has 2 bridgehead atoms. The van der Waals surface area contributed by atoms with Crippen LogP contribution in [0.3, 0.4) is 0 Å². The van der Waals surface area contributed by atoms with E-state index in [-0.39, 0.29) is 12.2 Å². The topological polar surface area (TPSA) is 78.9 Å². The van der Waals surface area contributed by atoms with Crippen LogP contribution >= 0.6 is 22.7 Å². The van der Waals surface area contributed by atoms with Crippen LogP contribution < -0.4 is 10.2 Å². The van der Waals surface area contributed by atoms with Gasteiger partial charge in [0.25, 0.3) is 0 Å². The highest BCUT2D eigenvalue weighted by atomic mass is 32.1. The molecule has 2 aliphatic heterocycles. The largest absolute Gasteiger partial charge is 0.490 e. The molecule has 11 heteroatoms. The Morgan fingerprint density at radius 1 is 1.13 bits per heavy atom. The van der Waals surface area contributed by atoms with Gasteiger partial charge in [0.1, 0.15) is 6.10 Å². The summed E-state index contributed by atoms with van der Waals surface area (Å²) in [5.74, 6) is -2.76. The number of hydrogen-bond donors (Lipinski definition) is 2. The van der Waals surface area contributed by atoms with Crippen molar-refractivity contribution in [2.24, 2.45) is 0 Å². The Hall–Kier alpha value is -2.11. The fourth-order valence-electron chi connectivity index (χ4n) is 3.54. The minimum Gasteiger partial charge on any atom is -0.475 e. The Kier molecular flexibility index (Phi) is 7.37. The van der Waals surface area contributed by atoms with Crippen LogP contribution in [0.15, 0.2) is 33.7 Å². The number of hydrogen-bond acceptors (Lipinski definition) is 6. The Balaban J connectivity index is 0.000000318. The average molecular weight is 463 g/mol. The van der Waals surface area contributed by atoms with E-state index in [2.05, 4.69) is 16.8 Å². The average Bonchev–Trinajstić information content (AvgIpc) is 3.42. The second-order valence-electron chi connectivity index (χ2n) is 7.12. The van der Waals surface area contributed by atoms with Gasteiger partial charge >= 0.3 is 18.2 Å². The van der Waals surface area contributed by atoms with Crippen LogP contribution in [0.4, 0.5) is 23.7 Å². The minimum absolute atomic E-state index is 0.0462. The number of fused-ring (bicyclic) bond motifs is 2. The number of amides is 1. The van der Waals surface area contributed by atoms with E-state index in [1.165, 1.54) is 12.8 Å². The van der Waals surface area contributed by atoms with Crippen molar-refractivity contribution in [2.75, 3.05) is 4.90 Å². The highest BCUT2D eigenvalue weighted by Crippen LogP contribution is 2.30. The highest BCUT2D eigenvalue weighted by Gasteiger charge is 2.38. The third-order valence-electron chi connectivity index (χ3n) is 4.90. The number of carbonyl (C=O) groups excluding carboxylic acids is 1. The molecule has 0 saturated carbocycles. The Bertz CT molecular complexity index is 815. The van der Waals surface area contributed by atoms with Crippen molar-refractivity contribution in [1.29, 1.82) is 0 Å². The zero-order chi connectivity index (χ0) is 21.7. The molecule has 164 valence electrons. The Labute approximate surface area is 179 Å². The number of ether oxygens (including phenoxy) is 1. The van der Waals surface area contributed by atoms with Crippen molar-refractivity contribution in [3.63, 3.8) is 0 Å². The van der Waals surface area contributed by atoms with E-state index in [4.69, 9.17) is 14.6 Å². The van der Waals surface area contributed by atoms with Crippen molar-refractivity contribution in [1.82, 2.24) is 5.32 Å². The quantitative estimate of drug-likeness (QED) is 0.678. The van der Waals surface area contributed by atoms with Gasteiger partial charge < -0.3 is 15.2 Å². The number of alkyl halides is 3. The maximum absolute atomic E-state index is 12.8. The molecule has 0 aromatic carbocycles. The fraction of sp³-hybridized carbons (Fsp3) is 0.474. The zero-order valence-corrected chi connectivity index (χ0v) is 17.4. The van der Waals surface area contributed by atoms with Crippen LogP contribution in [0, 0.1) is 0 Å². The molecule has 2 aromatic heterocycles. The lowest BCUT2D eigenvalue weighted by molar-refractivity contribution is -0.192. The number of rotatable bonds is 4. The second-order valence-corrected chi connectivity index (χ2v) is 8.68. The third kappa shape index (κ3) is 6.19. The molecule has 2 fully saturated rings. The van der Waals surface area contributed by atoms with Gasteiger partial charge in [-0.1, -0.05) is 0 Å². The molecular weight excluding hydrogens is 441 g/mol. The maximum Gasteiger partial charge on any atom is 0.490 e. The van der Waals surface area contributed by atoms with Crippen molar-refractivity contribution in [2.45, 2.75) is 56.6 Å². The van der Waals surface area contributed by atoms with Crippen molar-refractivity contribution in [3.05, 3.63) is 39.2 Å². The summed E-state index contributed by atoms with van der Waals surface area (Å²) in [4.78, 5) is 23.4. The van der Waals surface area contributed by atoms with Gasteiger partial charge in [-0.3, -0.25) is 4.90 Å². The molecule has 2 aromatic rings. The molecule has 3 atom stereocenters. The van der Waals surface area contributed by atoms with E-state index in [9.17, 15) is 18.0 Å². The summed E-state index contributed by atoms with van der Waals surface area (Å²) in [5, 5.41) is 18.8. The van der Waals surface area contributed by atoms with Crippen LogP contribution in [0.5, 0.6) is 0 Å². The van der Waals surface area contributed by atoms with Gasteiger partial charge in [0, 0.05) is 17.5 Å². The lowest BCUT2D eigenvalue weighted by atomic mass is 10.0. The number of nitrogens with zero attached hydrogens (tertiary/aromatic N) is 1. The predicted octanol–water partition coefficient (Wildman–Crippen LogP) is 4.87. The number of carboxylic acids is 1. The molecule has 4 heterocycles. The molecule has 6 nitrogen and oxygen atoms in total. The summed E-state index contributed by atoms with van der Waals surface area (Å²) in [6.07, 6.45) is -0.953. The number of carbonyl (C=O) groups is 2. The summed E-state index contributed by atoms with van der Waals surface area (Å²) < 4.78 is 37.6. The highest BCUT2D eigenvalue weighted by molar-refractivity contribution is 7.08. The number of halogens is 3. The number of nitrogens with one attached hydrogen (secondary N) is 1. The van der Waals surface area contributed by atoms with Crippen LogP contribution in [0.25, 0.3) is 0 Å². The number of anilines is 1. The Morgan fingerprint density at radius 2 is 1.73 bits per heavy atom. The molecule has 2 aliphatic rings. The predicted molar refractivity (Wildman–Crippen MR) is 108 cm³/mol. The molecule has 0 spiro atoms. The molecule has 30 heavy (non-hydrogen) atoms. The molecule has 2 saturated heterocycles. The van der Waals surface area contributed by atoms with Gasteiger partial charge in [-0.25, -0.2) is 9.59 Å². The third-order valence-corrected chi connectivity index (χ3v) is 6.30. The normalized spacial score (nSPS) is 22.7. The molecule has 2 N–H and O–H groups in total. The van der Waals surface area contributed by atoms with Crippen LogP contribution in [0.2, 0.25) is 0 Å². The number of thiophene rings is 2.